The Labute approximate surface area is 164 Å². The van der Waals surface area contributed by atoms with Gasteiger partial charge in [0.1, 0.15) is 5.82 Å². The van der Waals surface area contributed by atoms with Crippen LogP contribution in [-0.2, 0) is 11.2 Å². The summed E-state index contributed by atoms with van der Waals surface area (Å²) in [6.07, 6.45) is 4.17. The maximum absolute atomic E-state index is 11.8. The molecule has 0 aliphatic carbocycles. The van der Waals surface area contributed by atoms with Crippen LogP contribution in [0, 0.1) is 0 Å². The second kappa shape index (κ2) is 7.88. The number of rotatable bonds is 5. The summed E-state index contributed by atoms with van der Waals surface area (Å²) in [5.41, 5.74) is 2.78. The Bertz CT molecular complexity index is 944. The third kappa shape index (κ3) is 3.73. The van der Waals surface area contributed by atoms with E-state index in [0.29, 0.717) is 16.3 Å². The minimum absolute atomic E-state index is 0.365. The number of pyridine rings is 1. The number of nitrogens with zero attached hydrogens (tertiary/aromatic N) is 3. The lowest BCUT2D eigenvalue weighted by Gasteiger charge is -2.12. The largest absolute Gasteiger partial charge is 0.465 e. The molecule has 0 saturated heterocycles. The standard InChI is InChI=1S/C18H16BrClN4O2/c1-3-15-16(19)17(24(23-15)14-4-6-21-7-5-14)22-13-9-11(18(25)26-2)8-12(20)10-13/h4-10,22H,3H2,1-2H3. The van der Waals surface area contributed by atoms with Gasteiger partial charge >= 0.3 is 5.97 Å². The zero-order chi connectivity index (χ0) is 18.7. The fourth-order valence-electron chi connectivity index (χ4n) is 2.48. The lowest BCUT2D eigenvalue weighted by molar-refractivity contribution is 0.0601. The van der Waals surface area contributed by atoms with E-state index in [1.54, 1.807) is 35.3 Å². The molecule has 0 spiro atoms. The van der Waals surface area contributed by atoms with Crippen molar-refractivity contribution < 1.29 is 9.53 Å². The van der Waals surface area contributed by atoms with E-state index in [1.165, 1.54) is 7.11 Å². The van der Waals surface area contributed by atoms with Gasteiger partial charge in [0, 0.05) is 23.1 Å². The van der Waals surface area contributed by atoms with Gasteiger partial charge in [-0.25, -0.2) is 9.48 Å². The first-order valence-electron chi connectivity index (χ1n) is 7.87. The topological polar surface area (TPSA) is 69.0 Å². The lowest BCUT2D eigenvalue weighted by Crippen LogP contribution is -2.05. The Kier molecular flexibility index (Phi) is 5.58. The molecule has 0 bridgehead atoms. The highest BCUT2D eigenvalue weighted by molar-refractivity contribution is 9.10. The van der Waals surface area contributed by atoms with E-state index in [1.807, 2.05) is 19.1 Å². The summed E-state index contributed by atoms with van der Waals surface area (Å²) < 4.78 is 7.40. The number of carbonyl (C=O) groups is 1. The molecule has 0 fully saturated rings. The summed E-state index contributed by atoms with van der Waals surface area (Å²) in [5.74, 6) is 0.276. The molecule has 3 aromatic rings. The minimum atomic E-state index is -0.452. The van der Waals surface area contributed by atoms with Gasteiger partial charge in [-0.1, -0.05) is 18.5 Å². The number of halogens is 2. The Morgan fingerprint density at radius 2 is 2.04 bits per heavy atom. The minimum Gasteiger partial charge on any atom is -0.465 e. The number of methoxy groups -OCH3 is 1. The van der Waals surface area contributed by atoms with E-state index in [4.69, 9.17) is 16.3 Å². The second-order valence-electron chi connectivity index (χ2n) is 5.43. The zero-order valence-electron chi connectivity index (χ0n) is 14.2. The number of benzene rings is 1. The molecule has 0 aliphatic rings. The maximum atomic E-state index is 11.8. The van der Waals surface area contributed by atoms with Gasteiger partial charge < -0.3 is 10.1 Å². The number of nitrogens with one attached hydrogen (secondary N) is 1. The van der Waals surface area contributed by atoms with Gasteiger partial charge in [0.25, 0.3) is 0 Å². The first-order chi connectivity index (χ1) is 12.5. The average molecular weight is 436 g/mol. The Morgan fingerprint density at radius 3 is 2.69 bits per heavy atom. The first kappa shape index (κ1) is 18.4. The molecule has 0 amide bonds. The zero-order valence-corrected chi connectivity index (χ0v) is 16.5. The van der Waals surface area contributed by atoms with Crippen molar-refractivity contribution in [2.75, 3.05) is 12.4 Å². The van der Waals surface area contributed by atoms with Gasteiger partial charge in [-0.2, -0.15) is 5.10 Å². The monoisotopic (exact) mass is 434 g/mol. The smallest absolute Gasteiger partial charge is 0.337 e. The predicted molar refractivity (Wildman–Crippen MR) is 105 cm³/mol. The summed E-state index contributed by atoms with van der Waals surface area (Å²) in [6, 6.07) is 8.70. The molecule has 2 heterocycles. The van der Waals surface area contributed by atoms with Crippen LogP contribution in [-0.4, -0.2) is 27.8 Å². The molecule has 0 aliphatic heterocycles. The quantitative estimate of drug-likeness (QED) is 0.584. The Balaban J connectivity index is 2.06. The summed E-state index contributed by atoms with van der Waals surface area (Å²) in [5, 5.41) is 8.37. The SMILES string of the molecule is CCc1nn(-c2ccncc2)c(Nc2cc(Cl)cc(C(=O)OC)c2)c1Br. The number of hydrogen-bond donors (Lipinski definition) is 1. The van der Waals surface area contributed by atoms with E-state index in [-0.39, 0.29) is 0 Å². The molecule has 1 N–H and O–H groups in total. The van der Waals surface area contributed by atoms with Gasteiger partial charge in [0.2, 0.25) is 0 Å². The van der Waals surface area contributed by atoms with Crippen molar-refractivity contribution in [1.29, 1.82) is 0 Å². The van der Waals surface area contributed by atoms with Crippen LogP contribution in [0.5, 0.6) is 0 Å². The van der Waals surface area contributed by atoms with Crippen LogP contribution in [0.4, 0.5) is 11.5 Å². The van der Waals surface area contributed by atoms with E-state index in [0.717, 1.165) is 28.1 Å². The highest BCUT2D eigenvalue weighted by Gasteiger charge is 2.17. The van der Waals surface area contributed by atoms with Crippen molar-refractivity contribution in [3.8, 4) is 5.69 Å². The van der Waals surface area contributed by atoms with Crippen LogP contribution >= 0.6 is 27.5 Å². The van der Waals surface area contributed by atoms with Crippen molar-refractivity contribution in [3.63, 3.8) is 0 Å². The summed E-state index contributed by atoms with van der Waals surface area (Å²) in [4.78, 5) is 15.9. The number of esters is 1. The van der Waals surface area contributed by atoms with Crippen molar-refractivity contribution in [2.45, 2.75) is 13.3 Å². The van der Waals surface area contributed by atoms with E-state index < -0.39 is 5.97 Å². The molecule has 0 atom stereocenters. The van der Waals surface area contributed by atoms with Crippen molar-refractivity contribution in [3.05, 3.63) is 63.5 Å². The molecule has 3 rings (SSSR count). The van der Waals surface area contributed by atoms with Gasteiger partial charge in [-0.15, -0.1) is 0 Å². The van der Waals surface area contributed by atoms with Gasteiger partial charge in [0.05, 0.1) is 28.5 Å². The van der Waals surface area contributed by atoms with E-state index >= 15 is 0 Å². The number of anilines is 2. The number of hydrogen-bond acceptors (Lipinski definition) is 5. The third-order valence-electron chi connectivity index (χ3n) is 3.72. The highest BCUT2D eigenvalue weighted by Crippen LogP contribution is 2.33. The lowest BCUT2D eigenvalue weighted by atomic mass is 10.2. The summed E-state index contributed by atoms with van der Waals surface area (Å²) >= 11 is 9.77. The molecule has 0 radical (unpaired) electrons. The first-order valence-corrected chi connectivity index (χ1v) is 9.04. The fourth-order valence-corrected chi connectivity index (χ4v) is 3.35. The predicted octanol–water partition coefficient (Wildman–Crippen LogP) is 4.78. The molecule has 1 aromatic carbocycles. The number of aromatic nitrogens is 3. The van der Waals surface area contributed by atoms with Crippen molar-refractivity contribution in [1.82, 2.24) is 14.8 Å². The van der Waals surface area contributed by atoms with Crippen LogP contribution in [0.25, 0.3) is 5.69 Å². The van der Waals surface area contributed by atoms with Gasteiger partial charge in [-0.3, -0.25) is 4.98 Å². The number of ether oxygens (including phenoxy) is 1. The number of aryl methyl sites for hydroxylation is 1. The molecule has 0 unspecified atom stereocenters. The molecule has 26 heavy (non-hydrogen) atoms. The molecule has 6 nitrogen and oxygen atoms in total. The molecular weight excluding hydrogens is 420 g/mol. The molecule has 8 heteroatoms. The van der Waals surface area contributed by atoms with Gasteiger partial charge in [-0.05, 0) is 52.7 Å². The molecule has 0 saturated carbocycles. The maximum Gasteiger partial charge on any atom is 0.337 e. The molecule has 134 valence electrons. The van der Waals surface area contributed by atoms with E-state index in [9.17, 15) is 4.79 Å². The fraction of sp³-hybridized carbons (Fsp3) is 0.167. The number of carbonyl (C=O) groups excluding carboxylic acids is 1. The summed E-state index contributed by atoms with van der Waals surface area (Å²) in [7, 11) is 1.33. The molecule has 2 aromatic heterocycles. The van der Waals surface area contributed by atoms with Crippen molar-refractivity contribution >= 4 is 45.0 Å². The van der Waals surface area contributed by atoms with Crippen LogP contribution < -0.4 is 5.32 Å². The Hall–Kier alpha value is -2.38. The van der Waals surface area contributed by atoms with Crippen LogP contribution in [0.3, 0.4) is 0 Å². The third-order valence-corrected chi connectivity index (χ3v) is 4.77. The molecular formula is C18H16BrClN4O2. The van der Waals surface area contributed by atoms with Crippen molar-refractivity contribution in [2.24, 2.45) is 0 Å². The second-order valence-corrected chi connectivity index (χ2v) is 6.65. The van der Waals surface area contributed by atoms with E-state index in [2.05, 4.69) is 31.3 Å². The van der Waals surface area contributed by atoms with Gasteiger partial charge in [0.15, 0.2) is 0 Å². The normalized spacial score (nSPS) is 10.6. The Morgan fingerprint density at radius 1 is 1.31 bits per heavy atom. The van der Waals surface area contributed by atoms with Crippen LogP contribution in [0.1, 0.15) is 23.0 Å². The van der Waals surface area contributed by atoms with Crippen LogP contribution in [0.15, 0.2) is 47.2 Å². The summed E-state index contributed by atoms with van der Waals surface area (Å²) in [6.45, 7) is 2.03. The highest BCUT2D eigenvalue weighted by atomic mass is 79.9. The average Bonchev–Trinajstić information content (AvgIpc) is 2.97. The van der Waals surface area contributed by atoms with Crippen LogP contribution in [0.2, 0.25) is 5.02 Å².